The number of carbonyl (C=O) groups is 1. The monoisotopic (exact) mass is 304 g/mol. The van der Waals surface area contributed by atoms with Gasteiger partial charge in [0.25, 0.3) is 0 Å². The second-order valence-electron chi connectivity index (χ2n) is 4.73. The number of benzene rings is 1. The molecule has 5 heteroatoms. The molecule has 2 N–H and O–H groups in total. The molecular formula is C16H20N2O2S. The first kappa shape index (κ1) is 15.5. The maximum absolute atomic E-state index is 11.7. The predicted octanol–water partition coefficient (Wildman–Crippen LogP) is 4.03. The summed E-state index contributed by atoms with van der Waals surface area (Å²) < 4.78 is 5.25. The molecule has 0 atom stereocenters. The Morgan fingerprint density at radius 3 is 2.76 bits per heavy atom. The van der Waals surface area contributed by atoms with Crippen molar-refractivity contribution in [3.05, 3.63) is 54.0 Å². The summed E-state index contributed by atoms with van der Waals surface area (Å²) in [4.78, 5) is 11.7. The molecule has 2 aromatic rings. The van der Waals surface area contributed by atoms with Crippen molar-refractivity contribution in [1.82, 2.24) is 5.32 Å². The third-order valence-electron chi connectivity index (χ3n) is 2.88. The van der Waals surface area contributed by atoms with E-state index >= 15 is 0 Å². The number of nitrogens with one attached hydrogen (secondary N) is 2. The molecular weight excluding hydrogens is 284 g/mol. The van der Waals surface area contributed by atoms with Crippen LogP contribution >= 0.6 is 11.8 Å². The van der Waals surface area contributed by atoms with Gasteiger partial charge in [-0.1, -0.05) is 17.7 Å². The van der Waals surface area contributed by atoms with Gasteiger partial charge >= 0.3 is 6.03 Å². The molecule has 0 fully saturated rings. The Balaban J connectivity index is 1.54. The molecule has 1 aromatic heterocycles. The first-order valence-corrected chi connectivity index (χ1v) is 8.11. The lowest BCUT2D eigenvalue weighted by atomic mass is 10.2. The van der Waals surface area contributed by atoms with Gasteiger partial charge in [-0.15, -0.1) is 0 Å². The number of carbonyl (C=O) groups excluding carboxylic acids is 1. The van der Waals surface area contributed by atoms with Gasteiger partial charge in [0.15, 0.2) is 0 Å². The number of rotatable bonds is 7. The molecule has 0 unspecified atom stereocenters. The largest absolute Gasteiger partial charge is 0.468 e. The van der Waals surface area contributed by atoms with Gasteiger partial charge in [0, 0.05) is 12.2 Å². The number of furan rings is 1. The molecule has 0 radical (unpaired) electrons. The molecule has 0 saturated carbocycles. The maximum Gasteiger partial charge on any atom is 0.319 e. The molecule has 112 valence electrons. The number of aryl methyl sites for hydroxylation is 1. The van der Waals surface area contributed by atoms with Crippen molar-refractivity contribution < 1.29 is 9.21 Å². The number of hydrogen-bond donors (Lipinski definition) is 2. The van der Waals surface area contributed by atoms with Crippen LogP contribution in [0.25, 0.3) is 0 Å². The van der Waals surface area contributed by atoms with Crippen molar-refractivity contribution in [1.29, 1.82) is 0 Å². The number of anilines is 1. The molecule has 0 saturated heterocycles. The van der Waals surface area contributed by atoms with E-state index in [0.29, 0.717) is 6.54 Å². The van der Waals surface area contributed by atoms with E-state index in [4.69, 9.17) is 4.42 Å². The standard InChI is InChI=1S/C16H20N2O2S/c1-13-5-7-14(8-6-13)18-16(19)17-9-3-11-21-12-15-4-2-10-20-15/h2,4-8,10H,3,9,11-12H2,1H3,(H2,17,18,19). The topological polar surface area (TPSA) is 54.3 Å². The molecule has 1 heterocycles. The lowest BCUT2D eigenvalue weighted by molar-refractivity contribution is 0.252. The van der Waals surface area contributed by atoms with E-state index in [1.54, 1.807) is 18.0 Å². The average molecular weight is 304 g/mol. The number of amides is 2. The normalized spacial score (nSPS) is 10.3. The summed E-state index contributed by atoms with van der Waals surface area (Å²) in [5.41, 5.74) is 1.99. The van der Waals surface area contributed by atoms with Crippen molar-refractivity contribution in [3.63, 3.8) is 0 Å². The number of hydrogen-bond acceptors (Lipinski definition) is 3. The zero-order chi connectivity index (χ0) is 14.9. The van der Waals surface area contributed by atoms with Gasteiger partial charge < -0.3 is 15.1 Å². The fourth-order valence-corrected chi connectivity index (χ4v) is 2.61. The van der Waals surface area contributed by atoms with E-state index in [2.05, 4.69) is 10.6 Å². The Bertz CT molecular complexity index is 538. The number of urea groups is 1. The van der Waals surface area contributed by atoms with Crippen LogP contribution in [0.15, 0.2) is 47.1 Å². The van der Waals surface area contributed by atoms with Crippen LogP contribution in [0.1, 0.15) is 17.7 Å². The fraction of sp³-hybridized carbons (Fsp3) is 0.312. The minimum Gasteiger partial charge on any atom is -0.468 e. The highest BCUT2D eigenvalue weighted by Gasteiger charge is 2.01. The van der Waals surface area contributed by atoms with Crippen molar-refractivity contribution in [3.8, 4) is 0 Å². The van der Waals surface area contributed by atoms with Gasteiger partial charge in [0.2, 0.25) is 0 Å². The van der Waals surface area contributed by atoms with Crippen LogP contribution in [0.2, 0.25) is 0 Å². The van der Waals surface area contributed by atoms with Gasteiger partial charge in [0.05, 0.1) is 12.0 Å². The molecule has 0 bridgehead atoms. The second kappa shape index (κ2) is 8.42. The molecule has 1 aromatic carbocycles. The van der Waals surface area contributed by atoms with Gasteiger partial charge in [-0.3, -0.25) is 0 Å². The Hall–Kier alpha value is -1.88. The summed E-state index contributed by atoms with van der Waals surface area (Å²) in [5.74, 6) is 2.86. The van der Waals surface area contributed by atoms with E-state index in [1.807, 2.05) is 43.3 Å². The van der Waals surface area contributed by atoms with Gasteiger partial charge in [-0.05, 0) is 43.4 Å². The van der Waals surface area contributed by atoms with Gasteiger partial charge in [-0.25, -0.2) is 4.79 Å². The molecule has 21 heavy (non-hydrogen) atoms. The Labute approximate surface area is 129 Å². The molecule has 0 aliphatic heterocycles. The van der Waals surface area contributed by atoms with Crippen LogP contribution < -0.4 is 10.6 Å². The van der Waals surface area contributed by atoms with E-state index in [1.165, 1.54) is 5.56 Å². The minimum atomic E-state index is -0.158. The SMILES string of the molecule is Cc1ccc(NC(=O)NCCCSCc2ccco2)cc1. The summed E-state index contributed by atoms with van der Waals surface area (Å²) >= 11 is 1.80. The zero-order valence-electron chi connectivity index (χ0n) is 12.1. The lowest BCUT2D eigenvalue weighted by Crippen LogP contribution is -2.29. The summed E-state index contributed by atoms with van der Waals surface area (Å²) in [6.07, 6.45) is 2.62. The molecule has 4 nitrogen and oxygen atoms in total. The van der Waals surface area contributed by atoms with Crippen LogP contribution in [0.4, 0.5) is 10.5 Å². The van der Waals surface area contributed by atoms with Crippen LogP contribution in [0, 0.1) is 6.92 Å². The van der Waals surface area contributed by atoms with E-state index in [0.717, 1.165) is 29.4 Å². The van der Waals surface area contributed by atoms with Crippen LogP contribution in [-0.4, -0.2) is 18.3 Å². The molecule has 2 rings (SSSR count). The van der Waals surface area contributed by atoms with Gasteiger partial charge in [0.1, 0.15) is 5.76 Å². The van der Waals surface area contributed by atoms with E-state index in [-0.39, 0.29) is 6.03 Å². The fourth-order valence-electron chi connectivity index (χ4n) is 1.76. The van der Waals surface area contributed by atoms with Crippen molar-refractivity contribution >= 4 is 23.5 Å². The van der Waals surface area contributed by atoms with Crippen LogP contribution in [0.3, 0.4) is 0 Å². The molecule has 2 amide bonds. The minimum absolute atomic E-state index is 0.158. The van der Waals surface area contributed by atoms with Crippen molar-refractivity contribution in [2.75, 3.05) is 17.6 Å². The Morgan fingerprint density at radius 2 is 2.05 bits per heavy atom. The van der Waals surface area contributed by atoms with Crippen LogP contribution in [0.5, 0.6) is 0 Å². The molecule has 0 aliphatic carbocycles. The highest BCUT2D eigenvalue weighted by Crippen LogP contribution is 2.13. The predicted molar refractivity (Wildman–Crippen MR) is 87.7 cm³/mol. The first-order chi connectivity index (χ1) is 10.2. The Kier molecular flexibility index (Phi) is 6.22. The molecule has 0 spiro atoms. The van der Waals surface area contributed by atoms with Crippen LogP contribution in [-0.2, 0) is 5.75 Å². The van der Waals surface area contributed by atoms with Crippen molar-refractivity contribution in [2.24, 2.45) is 0 Å². The summed E-state index contributed by atoms with van der Waals surface area (Å²) in [6, 6.07) is 11.5. The highest BCUT2D eigenvalue weighted by molar-refractivity contribution is 7.98. The summed E-state index contributed by atoms with van der Waals surface area (Å²) in [6.45, 7) is 2.69. The summed E-state index contributed by atoms with van der Waals surface area (Å²) in [5, 5.41) is 5.66. The Morgan fingerprint density at radius 1 is 1.24 bits per heavy atom. The first-order valence-electron chi connectivity index (χ1n) is 6.96. The highest BCUT2D eigenvalue weighted by atomic mass is 32.2. The number of thioether (sulfide) groups is 1. The third-order valence-corrected chi connectivity index (χ3v) is 3.95. The van der Waals surface area contributed by atoms with Crippen molar-refractivity contribution in [2.45, 2.75) is 19.1 Å². The third kappa shape index (κ3) is 5.95. The average Bonchev–Trinajstić information content (AvgIpc) is 2.98. The lowest BCUT2D eigenvalue weighted by Gasteiger charge is -2.07. The maximum atomic E-state index is 11.7. The second-order valence-corrected chi connectivity index (χ2v) is 5.84. The quantitative estimate of drug-likeness (QED) is 0.759. The van der Waals surface area contributed by atoms with Gasteiger partial charge in [-0.2, -0.15) is 11.8 Å². The summed E-state index contributed by atoms with van der Waals surface area (Å²) in [7, 11) is 0. The molecule has 0 aliphatic rings. The smallest absolute Gasteiger partial charge is 0.319 e. The zero-order valence-corrected chi connectivity index (χ0v) is 12.9. The van der Waals surface area contributed by atoms with E-state index < -0.39 is 0 Å². The van der Waals surface area contributed by atoms with E-state index in [9.17, 15) is 4.79 Å².